The highest BCUT2D eigenvalue weighted by Gasteiger charge is 2.43. The number of aromatic nitrogens is 10. The zero-order valence-corrected chi connectivity index (χ0v) is 69.2. The fourth-order valence-electron chi connectivity index (χ4n) is 17.3. The van der Waals surface area contributed by atoms with Gasteiger partial charge < -0.3 is 59.5 Å². The summed E-state index contributed by atoms with van der Waals surface area (Å²) in [5.41, 5.74) is 0.446. The quantitative estimate of drug-likeness (QED) is 0.0652. The number of halogens is 6. The van der Waals surface area contributed by atoms with Crippen molar-refractivity contribution in [2.24, 2.45) is 0 Å². The van der Waals surface area contributed by atoms with Gasteiger partial charge in [0, 0.05) is 71.6 Å². The van der Waals surface area contributed by atoms with E-state index < -0.39 is 115 Å². The number of fused-ring (bicyclic) bond motifs is 6. The number of phenols is 3. The highest BCUT2D eigenvalue weighted by atomic mass is 19.1. The number of carbonyl (C=O) groups is 3. The number of aromatic hydroxyl groups is 3. The Kier molecular flexibility index (Phi) is 22.5. The van der Waals surface area contributed by atoms with Crippen molar-refractivity contribution in [1.82, 2.24) is 63.3 Å². The van der Waals surface area contributed by atoms with Gasteiger partial charge in [-0.05, 0) is 121 Å². The lowest BCUT2D eigenvalue weighted by molar-refractivity contribution is -0.127. The van der Waals surface area contributed by atoms with E-state index in [4.69, 9.17) is 9.47 Å². The third kappa shape index (κ3) is 14.6. The molecule has 12 aromatic rings. The SMILES string of the molecule is C=CC(=O)N1CCN2c3nc(=O)n(-c4c(C)cccc4C(C)C)c4nc(-c5c(O)cccc5F)c(F)c(c34)OCC2C1.C=CC(=O)N1CCN2c3nc(=O)n(-c4c(C)ccnc4C(C)C)c4nc(-c5c(O)cccc5F)c(F)c(c34)NCC2C1.C=CC(=O)N1CCN2c3nc(=O)n(-c4ccccc4C(C)C)c4nc(-c5c(O)cccc5F)c(F)c(c34)OCC2C1. The molecule has 6 aliphatic rings. The third-order valence-corrected chi connectivity index (χ3v) is 23.4. The molecule has 3 unspecified atom stereocenters. The molecule has 0 radical (unpaired) electrons. The van der Waals surface area contributed by atoms with Crippen molar-refractivity contribution in [1.29, 1.82) is 0 Å². The number of para-hydroxylation sites is 2. The Labute approximate surface area is 710 Å². The lowest BCUT2D eigenvalue weighted by Crippen LogP contribution is -2.57. The largest absolute Gasteiger partial charge is 0.507 e. The normalized spacial score (nSPS) is 16.3. The molecule has 3 amide bonds. The summed E-state index contributed by atoms with van der Waals surface area (Å²) >= 11 is 0. The molecule has 0 saturated carbocycles. The van der Waals surface area contributed by atoms with Gasteiger partial charge in [0.15, 0.2) is 45.9 Å². The number of piperazine rings is 3. The van der Waals surface area contributed by atoms with Crippen LogP contribution in [0.2, 0.25) is 0 Å². The van der Waals surface area contributed by atoms with Crippen LogP contribution in [-0.2, 0) is 14.4 Å². The molecule has 125 heavy (non-hydrogen) atoms. The number of aryl methyl sites for hydroxylation is 2. The standard InChI is InChI=1S/C31H29F2N5O4.C30H29F2N7O3.C30H27F2N5O4/c1-5-22(40)36-12-13-37-18(14-36)15-42-28-24-29(37)35-31(41)38(27-17(4)8-6-9-19(27)16(2)3)30(24)34-26(25(28)33)23-20(32)10-7-11-21(23)39;1-5-20(41)37-11-12-38-17(14-37)13-34-25-22-28(38)36-30(42)39(27-16(4)9-10-33-24(27)15(2)3)29(22)35-26(23(25)32)21-18(31)7-6-8-19(21)40;1-4-22(39)35-12-13-36-17(14-35)15-41-27-24-28(36)34-30(40)37(20-10-6-5-8-18(20)16(2)3)29(24)33-26(25(27)32)23-19(31)9-7-11-21(23)38/h5-11,16,18,39H,1,12-15H2,2-4H3;5-10,15,17,34,40H,1,11-14H2,2-4H3;4-11,16-17,38H,1,12-15H2,2-3H3. The van der Waals surface area contributed by atoms with Crippen molar-refractivity contribution in [2.45, 2.75) is 91.3 Å². The number of carbonyl (C=O) groups excluding carboxylic acids is 3. The molecule has 0 spiro atoms. The van der Waals surface area contributed by atoms with Crippen LogP contribution in [0.3, 0.4) is 0 Å². The maximum absolute atomic E-state index is 16.5. The minimum Gasteiger partial charge on any atom is -0.507 e. The molecular formula is C91H85F6N17O11. The summed E-state index contributed by atoms with van der Waals surface area (Å²) in [4.78, 5) is 121. The van der Waals surface area contributed by atoms with Crippen LogP contribution in [0.5, 0.6) is 28.7 Å². The van der Waals surface area contributed by atoms with E-state index in [1.807, 2.05) is 100 Å². The smallest absolute Gasteiger partial charge is 0.355 e. The van der Waals surface area contributed by atoms with Crippen molar-refractivity contribution >= 4 is 74.0 Å². The lowest BCUT2D eigenvalue weighted by Gasteiger charge is -2.41. The number of pyridine rings is 4. The topological polar surface area (TPSA) is 318 Å². The number of nitrogens with one attached hydrogen (secondary N) is 1. The summed E-state index contributed by atoms with van der Waals surface area (Å²) in [5.74, 6) is -7.87. The Balaban J connectivity index is 0.000000138. The predicted molar refractivity (Wildman–Crippen MR) is 459 cm³/mol. The molecule has 5 aromatic carbocycles. The van der Waals surface area contributed by atoms with Crippen molar-refractivity contribution in [3.05, 3.63) is 242 Å². The van der Waals surface area contributed by atoms with E-state index in [0.717, 1.165) is 34.9 Å². The Morgan fingerprint density at radius 1 is 0.456 bits per heavy atom. The van der Waals surface area contributed by atoms with Crippen LogP contribution >= 0.6 is 0 Å². The van der Waals surface area contributed by atoms with Crippen LogP contribution < -0.4 is 46.6 Å². The molecular weight excluding hydrogens is 1620 g/mol. The van der Waals surface area contributed by atoms with E-state index in [0.29, 0.717) is 67.6 Å². The summed E-state index contributed by atoms with van der Waals surface area (Å²) in [5, 5.41) is 35.4. The summed E-state index contributed by atoms with van der Waals surface area (Å²) in [6.07, 6.45) is 5.34. The van der Waals surface area contributed by atoms with E-state index in [1.165, 1.54) is 68.3 Å². The Morgan fingerprint density at radius 2 is 0.848 bits per heavy atom. The number of benzene rings is 5. The summed E-state index contributed by atoms with van der Waals surface area (Å²) in [6.45, 7) is 28.9. The molecule has 3 atom stereocenters. The Hall–Kier alpha value is -14.5. The number of amides is 3. The van der Waals surface area contributed by atoms with Crippen LogP contribution in [0.1, 0.15) is 87.2 Å². The van der Waals surface area contributed by atoms with E-state index in [-0.39, 0.29) is 149 Å². The summed E-state index contributed by atoms with van der Waals surface area (Å²) in [7, 11) is 0. The van der Waals surface area contributed by atoms with Crippen molar-refractivity contribution < 1.29 is 65.5 Å². The first-order chi connectivity index (χ1) is 59.9. The van der Waals surface area contributed by atoms with Gasteiger partial charge in [-0.15, -0.1) is 0 Å². The molecule has 6 aliphatic heterocycles. The van der Waals surface area contributed by atoms with E-state index in [1.54, 1.807) is 39.1 Å². The van der Waals surface area contributed by atoms with Crippen LogP contribution in [0, 0.1) is 48.8 Å². The van der Waals surface area contributed by atoms with Gasteiger partial charge in [0.1, 0.15) is 93.2 Å². The number of anilines is 4. The van der Waals surface area contributed by atoms with Crippen LogP contribution in [0.15, 0.2) is 162 Å². The molecule has 4 N–H and O–H groups in total. The zero-order valence-electron chi connectivity index (χ0n) is 69.2. The molecule has 3 fully saturated rings. The number of hydrogen-bond donors (Lipinski definition) is 4. The first-order valence-electron chi connectivity index (χ1n) is 40.6. The second kappa shape index (κ2) is 33.4. The van der Waals surface area contributed by atoms with E-state index in [9.17, 15) is 44.1 Å². The van der Waals surface area contributed by atoms with Gasteiger partial charge in [-0.3, -0.25) is 19.4 Å². The van der Waals surface area contributed by atoms with Gasteiger partial charge >= 0.3 is 17.1 Å². The van der Waals surface area contributed by atoms with Crippen molar-refractivity contribution in [2.75, 3.05) is 98.7 Å². The second-order valence-corrected chi connectivity index (χ2v) is 31.9. The summed E-state index contributed by atoms with van der Waals surface area (Å²) in [6, 6.07) is 24.2. The third-order valence-electron chi connectivity index (χ3n) is 23.4. The second-order valence-electron chi connectivity index (χ2n) is 31.9. The number of phenolic OH excluding ortho intramolecular Hbond substituents is 3. The number of rotatable bonds is 12. The predicted octanol–water partition coefficient (Wildman–Crippen LogP) is 12.5. The molecule has 34 heteroatoms. The highest BCUT2D eigenvalue weighted by molar-refractivity contribution is 6.03. The minimum atomic E-state index is -0.998. The first kappa shape index (κ1) is 84.1. The lowest BCUT2D eigenvalue weighted by atomic mass is 9.98. The molecule has 3 saturated heterocycles. The maximum atomic E-state index is 16.5. The molecule has 7 aromatic heterocycles. The van der Waals surface area contributed by atoms with Gasteiger partial charge in [-0.25, -0.2) is 69.4 Å². The molecule has 28 nitrogen and oxygen atoms in total. The van der Waals surface area contributed by atoms with Crippen LogP contribution in [0.25, 0.3) is 83.9 Å². The molecule has 13 heterocycles. The average molecular weight is 1710 g/mol. The van der Waals surface area contributed by atoms with Crippen LogP contribution in [-0.4, -0.2) is 193 Å². The van der Waals surface area contributed by atoms with Gasteiger partial charge in [0.05, 0.1) is 68.6 Å². The molecule has 0 aliphatic carbocycles. The van der Waals surface area contributed by atoms with Gasteiger partial charge in [-0.2, -0.15) is 15.0 Å². The minimum absolute atomic E-state index is 0.00307. The van der Waals surface area contributed by atoms with Crippen molar-refractivity contribution in [3.63, 3.8) is 0 Å². The van der Waals surface area contributed by atoms with E-state index >= 15 is 26.3 Å². The van der Waals surface area contributed by atoms with Gasteiger partial charge in [0.2, 0.25) is 17.7 Å². The molecule has 0 bridgehead atoms. The highest BCUT2D eigenvalue weighted by Crippen LogP contribution is 2.49. The number of hydrogen-bond acceptors (Lipinski definition) is 22. The monoisotopic (exact) mass is 1710 g/mol. The van der Waals surface area contributed by atoms with Gasteiger partial charge in [0.25, 0.3) is 0 Å². The average Bonchev–Trinajstić information content (AvgIpc) is 1.72. The van der Waals surface area contributed by atoms with Crippen LogP contribution in [0.4, 0.5) is 49.5 Å². The van der Waals surface area contributed by atoms with Crippen molar-refractivity contribution in [3.8, 4) is 79.6 Å². The zero-order chi connectivity index (χ0) is 88.7. The number of nitrogens with zero attached hydrogens (tertiary/aromatic N) is 16. The fraction of sp³-hybridized carbons (Fsp3) is 0.286. The fourth-order valence-corrected chi connectivity index (χ4v) is 17.3. The molecule has 18 rings (SSSR count). The summed E-state index contributed by atoms with van der Waals surface area (Å²) < 4.78 is 111. The Morgan fingerprint density at radius 3 is 1.30 bits per heavy atom. The first-order valence-corrected chi connectivity index (χ1v) is 40.6. The Bertz CT molecular complexity index is 6390. The van der Waals surface area contributed by atoms with E-state index in [2.05, 4.69) is 59.9 Å². The maximum Gasteiger partial charge on any atom is 0.355 e. The van der Waals surface area contributed by atoms with Gasteiger partial charge in [-0.1, -0.05) is 116 Å². The molecule has 642 valence electrons. The number of ether oxygens (including phenoxy) is 2.